The van der Waals surface area contributed by atoms with Gasteiger partial charge < -0.3 is 24.5 Å². The van der Waals surface area contributed by atoms with E-state index in [2.05, 4.69) is 16.8 Å². The van der Waals surface area contributed by atoms with Crippen molar-refractivity contribution >= 4 is 11.8 Å². The van der Waals surface area contributed by atoms with Crippen molar-refractivity contribution in [1.82, 2.24) is 19.7 Å². The maximum Gasteiger partial charge on any atom is 0.259 e. The molecule has 3 atom stereocenters. The average molecular weight is 455 g/mol. The lowest BCUT2D eigenvalue weighted by molar-refractivity contribution is 0.0348. The van der Waals surface area contributed by atoms with Gasteiger partial charge in [-0.15, -0.1) is 0 Å². The molecule has 0 radical (unpaired) electrons. The van der Waals surface area contributed by atoms with Crippen LogP contribution in [0, 0.1) is 5.92 Å². The molecule has 1 N–H and O–H groups in total. The summed E-state index contributed by atoms with van der Waals surface area (Å²) in [6, 6.07) is 8.68. The SMILES string of the molecule is C[C@H](CO)N1C[C@H](C)[C@@H](CN(C)C)Oc2ncc(-c3ccc(C(=O)N(C)C)cc3)cc2C1=O. The van der Waals surface area contributed by atoms with Gasteiger partial charge in [-0.2, -0.15) is 0 Å². The van der Waals surface area contributed by atoms with E-state index in [0.717, 1.165) is 11.1 Å². The molecule has 33 heavy (non-hydrogen) atoms. The van der Waals surface area contributed by atoms with E-state index in [0.29, 0.717) is 30.1 Å². The van der Waals surface area contributed by atoms with Gasteiger partial charge >= 0.3 is 0 Å². The van der Waals surface area contributed by atoms with Crippen LogP contribution in [0.4, 0.5) is 0 Å². The molecule has 0 saturated heterocycles. The number of hydrogen-bond donors (Lipinski definition) is 1. The fraction of sp³-hybridized carbons (Fsp3) is 0.480. The molecule has 1 aliphatic heterocycles. The van der Waals surface area contributed by atoms with E-state index >= 15 is 0 Å². The molecule has 0 fully saturated rings. The second-order valence-electron chi connectivity index (χ2n) is 9.24. The fourth-order valence-electron chi connectivity index (χ4n) is 3.90. The van der Waals surface area contributed by atoms with Gasteiger partial charge in [0.2, 0.25) is 5.88 Å². The van der Waals surface area contributed by atoms with Gasteiger partial charge in [-0.05, 0) is 44.8 Å². The van der Waals surface area contributed by atoms with Crippen LogP contribution in [0.15, 0.2) is 36.5 Å². The summed E-state index contributed by atoms with van der Waals surface area (Å²) in [5, 5.41) is 9.77. The summed E-state index contributed by atoms with van der Waals surface area (Å²) in [5.41, 5.74) is 2.56. The summed E-state index contributed by atoms with van der Waals surface area (Å²) in [7, 11) is 7.39. The molecule has 2 aromatic rings. The molecule has 178 valence electrons. The average Bonchev–Trinajstić information content (AvgIpc) is 2.79. The molecular weight excluding hydrogens is 420 g/mol. The molecule has 8 heteroatoms. The third-order valence-corrected chi connectivity index (χ3v) is 5.94. The molecule has 0 spiro atoms. The standard InChI is InChI=1S/C25H34N4O4/c1-16-13-29(17(2)15-30)25(32)21-11-20(12-26-23(21)33-22(16)14-27(3)4)18-7-9-19(10-8-18)24(31)28(5)6/h7-12,16-17,22,30H,13-15H2,1-6H3/t16-,17+,22+/m0/s1. The third kappa shape index (κ3) is 5.51. The van der Waals surface area contributed by atoms with Crippen molar-refractivity contribution in [1.29, 1.82) is 0 Å². The highest BCUT2D eigenvalue weighted by atomic mass is 16.5. The van der Waals surface area contributed by atoms with E-state index in [1.54, 1.807) is 43.4 Å². The number of carbonyl (C=O) groups is 2. The quantitative estimate of drug-likeness (QED) is 0.721. The van der Waals surface area contributed by atoms with Gasteiger partial charge in [0, 0.05) is 50.4 Å². The number of benzene rings is 1. The Balaban J connectivity index is 2.02. The first-order valence-corrected chi connectivity index (χ1v) is 11.2. The molecule has 8 nitrogen and oxygen atoms in total. The Labute approximate surface area is 195 Å². The molecule has 2 heterocycles. The second-order valence-corrected chi connectivity index (χ2v) is 9.24. The van der Waals surface area contributed by atoms with Crippen LogP contribution in [-0.2, 0) is 0 Å². The van der Waals surface area contributed by atoms with Gasteiger partial charge in [0.05, 0.1) is 12.6 Å². The van der Waals surface area contributed by atoms with Gasteiger partial charge in [0.15, 0.2) is 0 Å². The molecule has 0 aliphatic carbocycles. The number of pyridine rings is 1. The number of carbonyl (C=O) groups excluding carboxylic acids is 2. The first-order chi connectivity index (χ1) is 15.6. The van der Waals surface area contributed by atoms with Crippen molar-refractivity contribution < 1.29 is 19.4 Å². The normalized spacial score (nSPS) is 19.4. The monoisotopic (exact) mass is 454 g/mol. The van der Waals surface area contributed by atoms with Gasteiger partial charge in [-0.1, -0.05) is 19.1 Å². The molecule has 1 aromatic heterocycles. The number of nitrogens with zero attached hydrogens (tertiary/aromatic N) is 4. The van der Waals surface area contributed by atoms with E-state index in [1.165, 1.54) is 4.90 Å². The van der Waals surface area contributed by atoms with E-state index in [-0.39, 0.29) is 36.5 Å². The van der Waals surface area contributed by atoms with Crippen molar-refractivity contribution in [3.63, 3.8) is 0 Å². The van der Waals surface area contributed by atoms with Gasteiger partial charge in [-0.3, -0.25) is 9.59 Å². The highest BCUT2D eigenvalue weighted by Crippen LogP contribution is 2.30. The summed E-state index contributed by atoms with van der Waals surface area (Å²) in [5.74, 6) is 0.0741. The topological polar surface area (TPSA) is 86.2 Å². The molecule has 0 bridgehead atoms. The van der Waals surface area contributed by atoms with E-state index in [1.807, 2.05) is 33.2 Å². The summed E-state index contributed by atoms with van der Waals surface area (Å²) in [6.45, 7) is 4.92. The first-order valence-electron chi connectivity index (χ1n) is 11.2. The predicted octanol–water partition coefficient (Wildman–Crippen LogP) is 2.23. The molecule has 0 unspecified atom stereocenters. The number of ether oxygens (including phenoxy) is 1. The minimum Gasteiger partial charge on any atom is -0.472 e. The summed E-state index contributed by atoms with van der Waals surface area (Å²) >= 11 is 0. The number of aliphatic hydroxyl groups excluding tert-OH is 1. The number of aliphatic hydroxyl groups is 1. The van der Waals surface area contributed by atoms with Gasteiger partial charge in [-0.25, -0.2) is 4.98 Å². The Kier molecular flexibility index (Phi) is 7.71. The number of rotatable bonds is 6. The zero-order chi connectivity index (χ0) is 24.3. The second kappa shape index (κ2) is 10.3. The molecule has 2 amide bonds. The van der Waals surface area contributed by atoms with Crippen molar-refractivity contribution in [2.75, 3.05) is 47.9 Å². The molecule has 0 saturated carbocycles. The summed E-state index contributed by atoms with van der Waals surface area (Å²) in [4.78, 5) is 35.5. The lowest BCUT2D eigenvalue weighted by atomic mass is 9.99. The Morgan fingerprint density at radius 2 is 1.88 bits per heavy atom. The number of aromatic nitrogens is 1. The molecule has 1 aliphatic rings. The highest BCUT2D eigenvalue weighted by molar-refractivity contribution is 5.98. The van der Waals surface area contributed by atoms with Crippen LogP contribution in [0.3, 0.4) is 0 Å². The first kappa shape index (κ1) is 24.7. The van der Waals surface area contributed by atoms with Crippen molar-refractivity contribution in [2.45, 2.75) is 26.0 Å². The Morgan fingerprint density at radius 1 is 1.21 bits per heavy atom. The maximum absolute atomic E-state index is 13.5. The minimum absolute atomic E-state index is 0.0572. The fourth-order valence-corrected chi connectivity index (χ4v) is 3.90. The van der Waals surface area contributed by atoms with Gasteiger partial charge in [0.25, 0.3) is 11.8 Å². The lowest BCUT2D eigenvalue weighted by Crippen LogP contribution is -2.49. The zero-order valence-electron chi connectivity index (χ0n) is 20.3. The largest absolute Gasteiger partial charge is 0.472 e. The summed E-state index contributed by atoms with van der Waals surface area (Å²) < 4.78 is 6.25. The third-order valence-electron chi connectivity index (χ3n) is 5.94. The lowest BCUT2D eigenvalue weighted by Gasteiger charge is -2.37. The molecule has 1 aromatic carbocycles. The number of fused-ring (bicyclic) bond motifs is 1. The number of likely N-dealkylation sites (N-methyl/N-ethyl adjacent to an activating group) is 1. The van der Waals surface area contributed by atoms with Crippen molar-refractivity contribution in [3.8, 4) is 17.0 Å². The minimum atomic E-state index is -0.328. The maximum atomic E-state index is 13.5. The summed E-state index contributed by atoms with van der Waals surface area (Å²) in [6.07, 6.45) is 1.53. The highest BCUT2D eigenvalue weighted by Gasteiger charge is 2.34. The number of hydrogen-bond acceptors (Lipinski definition) is 6. The van der Waals surface area contributed by atoms with Gasteiger partial charge in [0.1, 0.15) is 11.7 Å². The van der Waals surface area contributed by atoms with Crippen LogP contribution < -0.4 is 4.74 Å². The van der Waals surface area contributed by atoms with Crippen LogP contribution in [0.5, 0.6) is 5.88 Å². The predicted molar refractivity (Wildman–Crippen MR) is 127 cm³/mol. The molecular formula is C25H34N4O4. The van der Waals surface area contributed by atoms with E-state index < -0.39 is 0 Å². The smallest absolute Gasteiger partial charge is 0.259 e. The van der Waals surface area contributed by atoms with Crippen LogP contribution in [0.1, 0.15) is 34.6 Å². The Hall–Kier alpha value is -2.97. The van der Waals surface area contributed by atoms with E-state index in [9.17, 15) is 14.7 Å². The Morgan fingerprint density at radius 3 is 2.45 bits per heavy atom. The van der Waals surface area contributed by atoms with Crippen molar-refractivity contribution in [3.05, 3.63) is 47.7 Å². The molecule has 3 rings (SSSR count). The zero-order valence-corrected chi connectivity index (χ0v) is 20.3. The van der Waals surface area contributed by atoms with Crippen LogP contribution >= 0.6 is 0 Å². The van der Waals surface area contributed by atoms with Crippen LogP contribution in [0.25, 0.3) is 11.1 Å². The van der Waals surface area contributed by atoms with Crippen LogP contribution in [0.2, 0.25) is 0 Å². The van der Waals surface area contributed by atoms with Crippen LogP contribution in [-0.4, -0.2) is 96.6 Å². The van der Waals surface area contributed by atoms with E-state index in [4.69, 9.17) is 4.74 Å². The Bertz CT molecular complexity index is 990. The number of amides is 2. The van der Waals surface area contributed by atoms with Crippen molar-refractivity contribution in [2.24, 2.45) is 5.92 Å².